The number of anilines is 1. The van der Waals surface area contributed by atoms with E-state index in [-0.39, 0.29) is 12.4 Å². The fourth-order valence-electron chi connectivity index (χ4n) is 1.77. The van der Waals surface area contributed by atoms with Crippen molar-refractivity contribution in [3.8, 4) is 0 Å². The van der Waals surface area contributed by atoms with Crippen LogP contribution >= 0.6 is 0 Å². The number of esters is 1. The summed E-state index contributed by atoms with van der Waals surface area (Å²) in [6, 6.07) is 5.72. The Bertz CT molecular complexity index is 553. The van der Waals surface area contributed by atoms with Gasteiger partial charge in [0.15, 0.2) is 0 Å². The molecule has 3 N–H and O–H groups in total. The zero-order valence-electron chi connectivity index (χ0n) is 10.7. The quantitative estimate of drug-likeness (QED) is 0.683. The number of aromatic nitrogens is 2. The molecular weight excluding hydrogens is 246 g/mol. The molecule has 0 amide bonds. The number of aliphatic hydroxyl groups excluding tert-OH is 1. The van der Waals surface area contributed by atoms with E-state index in [1.807, 2.05) is 18.2 Å². The van der Waals surface area contributed by atoms with Gasteiger partial charge in [0.25, 0.3) is 0 Å². The Morgan fingerprint density at radius 3 is 3.21 bits per heavy atom. The number of nitrogens with zero attached hydrogens (tertiary/aromatic N) is 1. The van der Waals surface area contributed by atoms with Crippen LogP contribution < -0.4 is 5.32 Å². The number of carbonyl (C=O) groups is 1. The summed E-state index contributed by atoms with van der Waals surface area (Å²) in [4.78, 5) is 18.1. The van der Waals surface area contributed by atoms with Crippen molar-refractivity contribution in [3.63, 3.8) is 0 Å². The third-order valence-electron chi connectivity index (χ3n) is 2.87. The molecule has 1 heterocycles. The van der Waals surface area contributed by atoms with E-state index in [0.717, 1.165) is 16.7 Å². The second kappa shape index (κ2) is 6.19. The molecule has 1 aromatic carbocycles. The SMILES string of the molecule is COC(=O)CCC(O)CNc1ccc2nc[nH]c2c1. The standard InChI is InChI=1S/C13H17N3O3/c1-19-13(18)5-3-10(17)7-14-9-2-4-11-12(6-9)16-8-15-11/h2,4,6,8,10,14,17H,3,5,7H2,1H3,(H,15,16). The lowest BCUT2D eigenvalue weighted by molar-refractivity contribution is -0.141. The first-order chi connectivity index (χ1) is 9.19. The van der Waals surface area contributed by atoms with Crippen LogP contribution in [0, 0.1) is 0 Å². The summed E-state index contributed by atoms with van der Waals surface area (Å²) in [7, 11) is 1.34. The highest BCUT2D eigenvalue weighted by Crippen LogP contribution is 2.15. The van der Waals surface area contributed by atoms with Gasteiger partial charge < -0.3 is 20.1 Å². The van der Waals surface area contributed by atoms with Crippen molar-refractivity contribution >= 4 is 22.7 Å². The van der Waals surface area contributed by atoms with Crippen molar-refractivity contribution in [1.29, 1.82) is 0 Å². The van der Waals surface area contributed by atoms with Crippen LogP contribution in [-0.4, -0.2) is 40.8 Å². The number of fused-ring (bicyclic) bond motifs is 1. The van der Waals surface area contributed by atoms with Gasteiger partial charge in [-0.05, 0) is 24.6 Å². The van der Waals surface area contributed by atoms with Crippen LogP contribution in [0.4, 0.5) is 5.69 Å². The monoisotopic (exact) mass is 263 g/mol. The molecule has 0 aliphatic carbocycles. The van der Waals surface area contributed by atoms with Crippen molar-refractivity contribution in [1.82, 2.24) is 9.97 Å². The highest BCUT2D eigenvalue weighted by Gasteiger charge is 2.08. The number of benzene rings is 1. The Morgan fingerprint density at radius 1 is 1.58 bits per heavy atom. The van der Waals surface area contributed by atoms with E-state index >= 15 is 0 Å². The van der Waals surface area contributed by atoms with Crippen molar-refractivity contribution in [3.05, 3.63) is 24.5 Å². The van der Waals surface area contributed by atoms with E-state index in [2.05, 4.69) is 20.0 Å². The molecule has 1 unspecified atom stereocenters. The summed E-state index contributed by atoms with van der Waals surface area (Å²) in [6.07, 6.45) is 1.65. The zero-order valence-corrected chi connectivity index (χ0v) is 10.7. The molecule has 0 aliphatic heterocycles. The summed E-state index contributed by atoms with van der Waals surface area (Å²) in [5, 5.41) is 12.9. The maximum atomic E-state index is 10.9. The van der Waals surface area contributed by atoms with Crippen LogP contribution in [-0.2, 0) is 9.53 Å². The minimum absolute atomic E-state index is 0.221. The number of carbonyl (C=O) groups excluding carboxylic acids is 1. The van der Waals surface area contributed by atoms with Gasteiger partial charge in [-0.2, -0.15) is 0 Å². The Kier molecular flexibility index (Phi) is 4.35. The number of imidazole rings is 1. The Balaban J connectivity index is 1.82. The lowest BCUT2D eigenvalue weighted by Gasteiger charge is -2.12. The smallest absolute Gasteiger partial charge is 0.305 e. The van der Waals surface area contributed by atoms with Crippen LogP contribution in [0.5, 0.6) is 0 Å². The van der Waals surface area contributed by atoms with Gasteiger partial charge in [0, 0.05) is 18.7 Å². The Hall–Kier alpha value is -2.08. The lowest BCUT2D eigenvalue weighted by Crippen LogP contribution is -2.20. The van der Waals surface area contributed by atoms with E-state index in [9.17, 15) is 9.90 Å². The van der Waals surface area contributed by atoms with E-state index in [1.54, 1.807) is 6.33 Å². The molecule has 1 atom stereocenters. The van der Waals surface area contributed by atoms with E-state index < -0.39 is 6.10 Å². The average molecular weight is 263 g/mol. The molecule has 6 nitrogen and oxygen atoms in total. The van der Waals surface area contributed by atoms with Crippen LogP contribution in [0.1, 0.15) is 12.8 Å². The molecule has 102 valence electrons. The number of H-pyrrole nitrogens is 1. The van der Waals surface area contributed by atoms with Gasteiger partial charge in [0.05, 0.1) is 30.6 Å². The maximum absolute atomic E-state index is 10.9. The summed E-state index contributed by atoms with van der Waals surface area (Å²) in [6.45, 7) is 0.386. The molecule has 6 heteroatoms. The normalized spacial score (nSPS) is 12.3. The maximum Gasteiger partial charge on any atom is 0.305 e. The minimum atomic E-state index is -0.587. The van der Waals surface area contributed by atoms with Crippen molar-refractivity contribution in [2.24, 2.45) is 0 Å². The van der Waals surface area contributed by atoms with Gasteiger partial charge in [0.1, 0.15) is 0 Å². The fraction of sp³-hybridized carbons (Fsp3) is 0.385. The molecule has 0 radical (unpaired) electrons. The largest absolute Gasteiger partial charge is 0.469 e. The second-order valence-corrected chi connectivity index (χ2v) is 4.28. The first-order valence-electron chi connectivity index (χ1n) is 6.11. The molecule has 0 bridgehead atoms. The van der Waals surface area contributed by atoms with Crippen molar-refractivity contribution in [2.75, 3.05) is 19.0 Å². The van der Waals surface area contributed by atoms with Gasteiger partial charge in [-0.3, -0.25) is 4.79 Å². The molecule has 19 heavy (non-hydrogen) atoms. The van der Waals surface area contributed by atoms with Gasteiger partial charge in [-0.25, -0.2) is 4.98 Å². The summed E-state index contributed by atoms with van der Waals surface area (Å²) in [5.74, 6) is -0.307. The van der Waals surface area contributed by atoms with Gasteiger partial charge in [-0.1, -0.05) is 0 Å². The molecule has 1 aromatic heterocycles. The Morgan fingerprint density at radius 2 is 2.42 bits per heavy atom. The Labute approximate surface area is 110 Å². The molecule has 2 aromatic rings. The predicted molar refractivity (Wildman–Crippen MR) is 71.8 cm³/mol. The molecule has 0 spiro atoms. The number of aliphatic hydroxyl groups is 1. The number of hydrogen-bond acceptors (Lipinski definition) is 5. The van der Waals surface area contributed by atoms with Gasteiger partial charge in [-0.15, -0.1) is 0 Å². The van der Waals surface area contributed by atoms with Crippen molar-refractivity contribution in [2.45, 2.75) is 18.9 Å². The first kappa shape index (κ1) is 13.4. The highest BCUT2D eigenvalue weighted by atomic mass is 16.5. The average Bonchev–Trinajstić information content (AvgIpc) is 2.89. The minimum Gasteiger partial charge on any atom is -0.469 e. The van der Waals surface area contributed by atoms with Gasteiger partial charge in [0.2, 0.25) is 0 Å². The molecular formula is C13H17N3O3. The van der Waals surface area contributed by atoms with Crippen molar-refractivity contribution < 1.29 is 14.6 Å². The van der Waals surface area contributed by atoms with E-state index in [4.69, 9.17) is 0 Å². The number of nitrogens with one attached hydrogen (secondary N) is 2. The van der Waals surface area contributed by atoms with Crippen LogP contribution in [0.15, 0.2) is 24.5 Å². The van der Waals surface area contributed by atoms with Crippen LogP contribution in [0.2, 0.25) is 0 Å². The first-order valence-corrected chi connectivity index (χ1v) is 6.11. The number of rotatable bonds is 6. The molecule has 2 rings (SSSR count). The van der Waals surface area contributed by atoms with Crippen LogP contribution in [0.3, 0.4) is 0 Å². The summed E-state index contributed by atoms with van der Waals surface area (Å²) >= 11 is 0. The van der Waals surface area contributed by atoms with E-state index in [1.165, 1.54) is 7.11 Å². The number of ether oxygens (including phenoxy) is 1. The third kappa shape index (κ3) is 3.69. The molecule has 0 saturated heterocycles. The summed E-state index contributed by atoms with van der Waals surface area (Å²) < 4.78 is 4.52. The third-order valence-corrected chi connectivity index (χ3v) is 2.87. The molecule has 0 aliphatic rings. The number of aromatic amines is 1. The number of hydrogen-bond donors (Lipinski definition) is 3. The molecule has 0 fully saturated rings. The lowest BCUT2D eigenvalue weighted by atomic mass is 10.2. The van der Waals surface area contributed by atoms with E-state index in [0.29, 0.717) is 13.0 Å². The predicted octanol–water partition coefficient (Wildman–Crippen LogP) is 1.29. The highest BCUT2D eigenvalue weighted by molar-refractivity contribution is 5.78. The zero-order chi connectivity index (χ0) is 13.7. The fourth-order valence-corrected chi connectivity index (χ4v) is 1.77. The number of methoxy groups -OCH3 is 1. The molecule has 0 saturated carbocycles. The van der Waals surface area contributed by atoms with Crippen LogP contribution in [0.25, 0.3) is 11.0 Å². The topological polar surface area (TPSA) is 87.2 Å². The summed E-state index contributed by atoms with van der Waals surface area (Å²) in [5.41, 5.74) is 2.74. The second-order valence-electron chi connectivity index (χ2n) is 4.28. The van der Waals surface area contributed by atoms with Gasteiger partial charge >= 0.3 is 5.97 Å².